The van der Waals surface area contributed by atoms with Crippen LogP contribution in [0.1, 0.15) is 28.9 Å². The molecule has 6 heteroatoms. The average Bonchev–Trinajstić information content (AvgIpc) is 3.13. The number of nitrogens with zero attached hydrogens (tertiary/aromatic N) is 3. The van der Waals surface area contributed by atoms with Crippen molar-refractivity contribution in [1.82, 2.24) is 14.5 Å². The third kappa shape index (κ3) is 3.55. The van der Waals surface area contributed by atoms with Crippen LogP contribution in [0.2, 0.25) is 0 Å². The van der Waals surface area contributed by atoms with Crippen molar-refractivity contribution in [2.45, 2.75) is 36.6 Å². The molecule has 4 rings (SSSR count). The highest BCUT2D eigenvalue weighted by Crippen LogP contribution is 2.31. The van der Waals surface area contributed by atoms with E-state index in [1.54, 1.807) is 16.8 Å². The van der Waals surface area contributed by atoms with Crippen LogP contribution in [0.3, 0.4) is 0 Å². The second kappa shape index (κ2) is 7.41. The number of rotatable bonds is 5. The van der Waals surface area contributed by atoms with E-state index in [4.69, 9.17) is 0 Å². The van der Waals surface area contributed by atoms with Gasteiger partial charge in [-0.25, -0.2) is 9.18 Å². The molecule has 0 fully saturated rings. The minimum atomic E-state index is -0.243. The first-order chi connectivity index (χ1) is 12.7. The van der Waals surface area contributed by atoms with Gasteiger partial charge < -0.3 is 0 Å². The molecular weight excluding hydrogens is 349 g/mol. The number of hydrogen-bond acceptors (Lipinski definition) is 4. The monoisotopic (exact) mass is 367 g/mol. The third-order valence-corrected chi connectivity index (χ3v) is 5.60. The maximum absolute atomic E-state index is 13.4. The molecule has 0 radical (unpaired) electrons. The van der Waals surface area contributed by atoms with Crippen LogP contribution >= 0.6 is 11.8 Å². The Balaban J connectivity index is 1.62. The van der Waals surface area contributed by atoms with E-state index in [-0.39, 0.29) is 11.5 Å². The van der Waals surface area contributed by atoms with Crippen LogP contribution in [0.4, 0.5) is 4.39 Å². The normalized spacial score (nSPS) is 13.0. The first-order valence-electron chi connectivity index (χ1n) is 8.60. The van der Waals surface area contributed by atoms with E-state index in [0.717, 1.165) is 46.8 Å². The Morgan fingerprint density at radius 2 is 2.08 bits per heavy atom. The van der Waals surface area contributed by atoms with Gasteiger partial charge in [0, 0.05) is 23.2 Å². The van der Waals surface area contributed by atoms with Gasteiger partial charge in [0.2, 0.25) is 0 Å². The second-order valence-electron chi connectivity index (χ2n) is 6.30. The molecule has 0 spiro atoms. The fraction of sp³-hybridized carbons (Fsp3) is 0.250. The average molecular weight is 367 g/mol. The van der Waals surface area contributed by atoms with Gasteiger partial charge in [0.05, 0.1) is 12.2 Å². The largest absolute Gasteiger partial charge is 0.349 e. The minimum Gasteiger partial charge on any atom is -0.290 e. The number of pyridine rings is 1. The van der Waals surface area contributed by atoms with Crippen molar-refractivity contribution in [3.05, 3.63) is 87.5 Å². The van der Waals surface area contributed by atoms with E-state index in [9.17, 15) is 9.18 Å². The molecule has 3 aromatic rings. The van der Waals surface area contributed by atoms with Crippen molar-refractivity contribution >= 4 is 11.8 Å². The lowest BCUT2D eigenvalue weighted by atomic mass is 10.2. The van der Waals surface area contributed by atoms with Crippen molar-refractivity contribution in [3.8, 4) is 0 Å². The molecule has 0 atom stereocenters. The van der Waals surface area contributed by atoms with E-state index in [0.29, 0.717) is 12.3 Å². The lowest BCUT2D eigenvalue weighted by Gasteiger charge is -2.14. The fourth-order valence-corrected chi connectivity index (χ4v) is 4.32. The number of fused-ring (bicyclic) bond motifs is 1. The summed E-state index contributed by atoms with van der Waals surface area (Å²) in [6.45, 7) is 0.448. The van der Waals surface area contributed by atoms with E-state index < -0.39 is 0 Å². The van der Waals surface area contributed by atoms with E-state index in [2.05, 4.69) is 9.97 Å². The van der Waals surface area contributed by atoms with Gasteiger partial charge in [0.25, 0.3) is 0 Å². The number of halogens is 1. The molecule has 2 heterocycles. The fourth-order valence-electron chi connectivity index (χ4n) is 3.30. The smallest absolute Gasteiger partial charge is 0.290 e. The van der Waals surface area contributed by atoms with Gasteiger partial charge >= 0.3 is 5.69 Å². The van der Waals surface area contributed by atoms with E-state index >= 15 is 0 Å². The van der Waals surface area contributed by atoms with Crippen LogP contribution in [0.5, 0.6) is 0 Å². The van der Waals surface area contributed by atoms with Crippen LogP contribution in [0.15, 0.2) is 58.5 Å². The van der Waals surface area contributed by atoms with Gasteiger partial charge in [-0.15, -0.1) is 11.8 Å². The zero-order chi connectivity index (χ0) is 17.9. The molecule has 0 N–H and O–H groups in total. The number of benzene rings is 1. The predicted octanol–water partition coefficient (Wildman–Crippen LogP) is 3.61. The molecular formula is C20H18FN3OS. The predicted molar refractivity (Wildman–Crippen MR) is 99.8 cm³/mol. The van der Waals surface area contributed by atoms with Gasteiger partial charge in [-0.05, 0) is 49.1 Å². The zero-order valence-corrected chi connectivity index (χ0v) is 15.0. The third-order valence-electron chi connectivity index (χ3n) is 4.51. The molecule has 0 bridgehead atoms. The number of thioether (sulfide) groups is 1. The molecule has 4 nitrogen and oxygen atoms in total. The van der Waals surface area contributed by atoms with Gasteiger partial charge in [-0.1, -0.05) is 18.2 Å². The standard InChI is InChI=1S/C20H18FN3OS/c21-15-6-3-5-14(11-15)13-26-19-17-8-4-9-18(17)24(20(25)23-19)12-16-7-1-2-10-22-16/h1-3,5-7,10-11H,4,8-9,12-13H2. The Hall–Kier alpha value is -2.47. The van der Waals surface area contributed by atoms with Crippen molar-refractivity contribution in [1.29, 1.82) is 0 Å². The van der Waals surface area contributed by atoms with Crippen molar-refractivity contribution < 1.29 is 4.39 Å². The lowest BCUT2D eigenvalue weighted by molar-refractivity contribution is 0.626. The van der Waals surface area contributed by atoms with Crippen LogP contribution in [0.25, 0.3) is 0 Å². The Morgan fingerprint density at radius 1 is 1.15 bits per heavy atom. The highest BCUT2D eigenvalue weighted by Gasteiger charge is 2.22. The lowest BCUT2D eigenvalue weighted by Crippen LogP contribution is -2.28. The maximum atomic E-state index is 13.4. The molecule has 0 amide bonds. The highest BCUT2D eigenvalue weighted by molar-refractivity contribution is 7.98. The molecule has 26 heavy (non-hydrogen) atoms. The summed E-state index contributed by atoms with van der Waals surface area (Å²) in [5, 5.41) is 0.782. The highest BCUT2D eigenvalue weighted by atomic mass is 32.2. The molecule has 1 aliphatic carbocycles. The van der Waals surface area contributed by atoms with Crippen LogP contribution in [0, 0.1) is 5.82 Å². The molecule has 1 aromatic carbocycles. The summed E-state index contributed by atoms with van der Waals surface area (Å²) in [6.07, 6.45) is 4.57. The van der Waals surface area contributed by atoms with Crippen molar-refractivity contribution in [2.24, 2.45) is 0 Å². The summed E-state index contributed by atoms with van der Waals surface area (Å²) in [7, 11) is 0. The molecule has 0 unspecified atom stereocenters. The Bertz CT molecular complexity index is 988. The summed E-state index contributed by atoms with van der Waals surface area (Å²) < 4.78 is 15.1. The van der Waals surface area contributed by atoms with Gasteiger partial charge in [-0.3, -0.25) is 9.55 Å². The molecule has 0 saturated carbocycles. The van der Waals surface area contributed by atoms with Crippen LogP contribution in [-0.4, -0.2) is 14.5 Å². The number of aromatic nitrogens is 3. The molecule has 1 aliphatic rings. The first kappa shape index (κ1) is 17.0. The molecule has 132 valence electrons. The minimum absolute atomic E-state index is 0.238. The second-order valence-corrected chi connectivity index (χ2v) is 7.27. The van der Waals surface area contributed by atoms with Gasteiger partial charge in [0.15, 0.2) is 0 Å². The Labute approximate surface area is 155 Å². The summed E-state index contributed by atoms with van der Waals surface area (Å²) in [5.74, 6) is 0.355. The molecule has 2 aromatic heterocycles. The Kier molecular flexibility index (Phi) is 4.84. The van der Waals surface area contributed by atoms with E-state index in [1.165, 1.54) is 23.9 Å². The summed E-state index contributed by atoms with van der Waals surface area (Å²) in [6, 6.07) is 12.2. The van der Waals surface area contributed by atoms with Crippen LogP contribution in [-0.2, 0) is 25.1 Å². The molecule has 0 aliphatic heterocycles. The maximum Gasteiger partial charge on any atom is 0.349 e. The quantitative estimate of drug-likeness (QED) is 0.511. The van der Waals surface area contributed by atoms with Gasteiger partial charge in [-0.2, -0.15) is 4.98 Å². The first-order valence-corrected chi connectivity index (χ1v) is 9.59. The Morgan fingerprint density at radius 3 is 2.88 bits per heavy atom. The zero-order valence-electron chi connectivity index (χ0n) is 14.2. The van der Waals surface area contributed by atoms with Crippen molar-refractivity contribution in [2.75, 3.05) is 0 Å². The van der Waals surface area contributed by atoms with Crippen LogP contribution < -0.4 is 5.69 Å². The van der Waals surface area contributed by atoms with Gasteiger partial charge in [0.1, 0.15) is 10.8 Å². The number of hydrogen-bond donors (Lipinski definition) is 0. The summed E-state index contributed by atoms with van der Waals surface area (Å²) >= 11 is 1.51. The summed E-state index contributed by atoms with van der Waals surface area (Å²) in [4.78, 5) is 21.3. The summed E-state index contributed by atoms with van der Waals surface area (Å²) in [5.41, 5.74) is 3.73. The van der Waals surface area contributed by atoms with Crippen molar-refractivity contribution in [3.63, 3.8) is 0 Å². The molecule has 0 saturated heterocycles. The topological polar surface area (TPSA) is 47.8 Å². The SMILES string of the molecule is O=c1nc(SCc2cccc(F)c2)c2c(n1Cc1ccccn1)CCC2. The van der Waals surface area contributed by atoms with E-state index in [1.807, 2.05) is 24.3 Å².